The van der Waals surface area contributed by atoms with Crippen LogP contribution in [0.1, 0.15) is 44.2 Å². The molecule has 1 saturated heterocycles. The van der Waals surface area contributed by atoms with Gasteiger partial charge in [-0.05, 0) is 91.2 Å². The fourth-order valence-electron chi connectivity index (χ4n) is 6.27. The van der Waals surface area contributed by atoms with E-state index >= 15 is 0 Å². The second kappa shape index (κ2) is 10.1. The van der Waals surface area contributed by atoms with Gasteiger partial charge in [-0.3, -0.25) is 4.79 Å². The van der Waals surface area contributed by atoms with Crippen molar-refractivity contribution in [3.05, 3.63) is 58.5 Å². The molecule has 2 amide bonds. The number of amidine groups is 1. The van der Waals surface area contributed by atoms with Crippen LogP contribution in [0.3, 0.4) is 0 Å². The standard InChI is InChI=1S/C28H32BrN5O4/c1-28(2,32-27(36)37)13-20-16-7-9-23(20)34(15-16)26(35)21-14-31-25(18-6-5-11-30-24(18)29)33(3)22-10-8-17(38-4)12-19(21)22/h5-6,8,10-12,14,16,20,23,32H,7,9,13,15H2,1-4H3,(H,36,37)/t16-,20+,23+/m0/s1. The first kappa shape index (κ1) is 26.2. The molecule has 3 atom stereocenters. The Labute approximate surface area is 230 Å². The van der Waals surface area contributed by atoms with Crippen LogP contribution in [0, 0.1) is 11.8 Å². The highest BCUT2D eigenvalue weighted by Crippen LogP contribution is 2.47. The number of anilines is 1. The minimum Gasteiger partial charge on any atom is -0.497 e. The maximum atomic E-state index is 14.2. The predicted octanol–water partition coefficient (Wildman–Crippen LogP) is 4.76. The molecule has 2 bridgehead atoms. The summed E-state index contributed by atoms with van der Waals surface area (Å²) in [5.74, 6) is 1.85. The van der Waals surface area contributed by atoms with Crippen molar-refractivity contribution in [3.8, 4) is 5.75 Å². The molecule has 200 valence electrons. The Kier molecular flexibility index (Phi) is 6.94. The minimum atomic E-state index is -1.03. The maximum Gasteiger partial charge on any atom is 0.405 e. The van der Waals surface area contributed by atoms with Crippen LogP contribution < -0.4 is 15.0 Å². The van der Waals surface area contributed by atoms with Crippen molar-refractivity contribution >= 4 is 45.0 Å². The second-order valence-electron chi connectivity index (χ2n) is 10.8. The molecule has 2 aliphatic heterocycles. The first-order valence-corrected chi connectivity index (χ1v) is 13.5. The molecule has 0 unspecified atom stereocenters. The summed E-state index contributed by atoms with van der Waals surface area (Å²) < 4.78 is 6.18. The van der Waals surface area contributed by atoms with Gasteiger partial charge in [0.25, 0.3) is 5.91 Å². The molecular weight excluding hydrogens is 550 g/mol. The molecule has 5 rings (SSSR count). The van der Waals surface area contributed by atoms with Gasteiger partial charge in [-0.2, -0.15) is 0 Å². The van der Waals surface area contributed by atoms with Crippen LogP contribution in [0.25, 0.3) is 5.57 Å². The van der Waals surface area contributed by atoms with E-state index in [9.17, 15) is 14.7 Å². The first-order valence-electron chi connectivity index (χ1n) is 12.7. The molecule has 0 spiro atoms. The van der Waals surface area contributed by atoms with E-state index in [2.05, 4.69) is 26.2 Å². The van der Waals surface area contributed by atoms with Crippen LogP contribution >= 0.6 is 15.9 Å². The number of rotatable bonds is 6. The number of hydrogen-bond donors (Lipinski definition) is 2. The monoisotopic (exact) mass is 581 g/mol. The summed E-state index contributed by atoms with van der Waals surface area (Å²) >= 11 is 3.54. The third-order valence-corrected chi connectivity index (χ3v) is 8.57. The number of carbonyl (C=O) groups excluding carboxylic acids is 1. The van der Waals surface area contributed by atoms with Gasteiger partial charge >= 0.3 is 6.09 Å². The quantitative estimate of drug-likeness (QED) is 0.476. The SMILES string of the molecule is COc1ccc2c(c1)C(C(=O)N1C[C@@H]3CC[C@@H]1[C@@H]3CC(C)(C)NC(=O)O)=CN=C(c1cccnc1Br)N2C. The molecule has 3 heterocycles. The number of ether oxygens (including phenoxy) is 1. The van der Waals surface area contributed by atoms with Crippen LogP contribution in [0.5, 0.6) is 5.75 Å². The molecule has 2 aromatic rings. The molecule has 1 aliphatic carbocycles. The number of halogens is 1. The molecule has 9 nitrogen and oxygen atoms in total. The lowest BCUT2D eigenvalue weighted by Crippen LogP contribution is -2.46. The highest BCUT2D eigenvalue weighted by atomic mass is 79.9. The fourth-order valence-corrected chi connectivity index (χ4v) is 6.70. The topological polar surface area (TPSA) is 107 Å². The fraction of sp³-hybridized carbons (Fsp3) is 0.429. The Morgan fingerprint density at radius 1 is 1.24 bits per heavy atom. The lowest BCUT2D eigenvalue weighted by molar-refractivity contribution is -0.126. The zero-order valence-corrected chi connectivity index (χ0v) is 23.5. The minimum absolute atomic E-state index is 0.0641. The summed E-state index contributed by atoms with van der Waals surface area (Å²) in [7, 11) is 3.54. The van der Waals surface area contributed by atoms with Gasteiger partial charge in [-0.15, -0.1) is 0 Å². The van der Waals surface area contributed by atoms with Gasteiger partial charge in [-0.25, -0.2) is 14.8 Å². The van der Waals surface area contributed by atoms with E-state index in [1.807, 2.05) is 61.0 Å². The van der Waals surface area contributed by atoms with Crippen LogP contribution in [-0.4, -0.2) is 65.1 Å². The predicted molar refractivity (Wildman–Crippen MR) is 149 cm³/mol. The first-order chi connectivity index (χ1) is 18.1. The molecular formula is C28H32BrN5O4. The number of aromatic nitrogens is 1. The number of carbonyl (C=O) groups is 2. The number of fused-ring (bicyclic) bond motifs is 3. The Morgan fingerprint density at radius 3 is 2.74 bits per heavy atom. The number of benzene rings is 1. The number of pyridine rings is 1. The second-order valence-corrected chi connectivity index (χ2v) is 11.6. The van der Waals surface area contributed by atoms with Crippen LogP contribution in [0.15, 0.2) is 52.3 Å². The van der Waals surface area contributed by atoms with E-state index in [1.54, 1.807) is 19.5 Å². The van der Waals surface area contributed by atoms with Crippen LogP contribution in [-0.2, 0) is 4.79 Å². The van der Waals surface area contributed by atoms with Crippen molar-refractivity contribution in [2.24, 2.45) is 16.8 Å². The molecule has 3 aliphatic rings. The highest BCUT2D eigenvalue weighted by molar-refractivity contribution is 9.10. The van der Waals surface area contributed by atoms with Crippen molar-refractivity contribution in [1.29, 1.82) is 0 Å². The number of carboxylic acid groups (broad SMARTS) is 1. The van der Waals surface area contributed by atoms with E-state index in [4.69, 9.17) is 9.73 Å². The lowest BCUT2D eigenvalue weighted by atomic mass is 9.85. The number of nitrogens with zero attached hydrogens (tertiary/aromatic N) is 4. The number of methoxy groups -OCH3 is 1. The number of aliphatic imine (C=N–C) groups is 1. The highest BCUT2D eigenvalue weighted by Gasteiger charge is 2.50. The summed E-state index contributed by atoms with van der Waals surface area (Å²) in [4.78, 5) is 38.6. The number of likely N-dealkylation sites (tertiary alicyclic amines) is 1. The molecule has 0 radical (unpaired) electrons. The largest absolute Gasteiger partial charge is 0.497 e. The van der Waals surface area contributed by atoms with Crippen molar-refractivity contribution in [2.45, 2.75) is 44.7 Å². The molecule has 38 heavy (non-hydrogen) atoms. The van der Waals surface area contributed by atoms with Crippen molar-refractivity contribution in [1.82, 2.24) is 15.2 Å². The van der Waals surface area contributed by atoms with E-state index in [1.165, 1.54) is 0 Å². The Morgan fingerprint density at radius 2 is 2.03 bits per heavy atom. The number of nitrogens with one attached hydrogen (secondary N) is 1. The van der Waals surface area contributed by atoms with Gasteiger partial charge in [0.1, 0.15) is 16.2 Å². The maximum absolute atomic E-state index is 14.2. The van der Waals surface area contributed by atoms with Gasteiger partial charge < -0.3 is 25.0 Å². The summed E-state index contributed by atoms with van der Waals surface area (Å²) in [6.45, 7) is 4.47. The summed E-state index contributed by atoms with van der Waals surface area (Å²) in [5, 5.41) is 11.9. The zero-order valence-electron chi connectivity index (χ0n) is 21.9. The van der Waals surface area contributed by atoms with Crippen LogP contribution in [0.2, 0.25) is 0 Å². The smallest absolute Gasteiger partial charge is 0.405 e. The van der Waals surface area contributed by atoms with Crippen molar-refractivity contribution < 1.29 is 19.4 Å². The zero-order chi connectivity index (χ0) is 27.2. The van der Waals surface area contributed by atoms with E-state index in [0.717, 1.165) is 29.7 Å². The molecule has 2 fully saturated rings. The Hall–Kier alpha value is -3.40. The van der Waals surface area contributed by atoms with E-state index in [0.29, 0.717) is 40.6 Å². The summed E-state index contributed by atoms with van der Waals surface area (Å²) in [6.07, 6.45) is 4.99. The Balaban J connectivity index is 1.51. The van der Waals surface area contributed by atoms with Crippen molar-refractivity contribution in [3.63, 3.8) is 0 Å². The molecule has 1 aromatic heterocycles. The average molecular weight is 582 g/mol. The number of amides is 2. The molecule has 2 N–H and O–H groups in total. The van der Waals surface area contributed by atoms with Gasteiger partial charge in [0.15, 0.2) is 0 Å². The van der Waals surface area contributed by atoms with Gasteiger partial charge in [0.05, 0.1) is 23.9 Å². The van der Waals surface area contributed by atoms with E-state index in [-0.39, 0.29) is 17.9 Å². The average Bonchev–Trinajstić information content (AvgIpc) is 3.36. The Bertz CT molecular complexity index is 1340. The molecule has 1 aromatic carbocycles. The third kappa shape index (κ3) is 4.77. The lowest BCUT2D eigenvalue weighted by Gasteiger charge is -2.32. The molecule has 10 heteroatoms. The third-order valence-electron chi connectivity index (χ3n) is 7.94. The normalized spacial score (nSPS) is 22.4. The van der Waals surface area contributed by atoms with Crippen molar-refractivity contribution in [2.75, 3.05) is 25.6 Å². The van der Waals surface area contributed by atoms with Gasteiger partial charge in [-0.1, -0.05) is 0 Å². The van der Waals surface area contributed by atoms with E-state index < -0.39 is 11.6 Å². The summed E-state index contributed by atoms with van der Waals surface area (Å²) in [5.41, 5.74) is 2.34. The molecule has 1 saturated carbocycles. The number of piperidine rings is 1. The summed E-state index contributed by atoms with van der Waals surface area (Å²) in [6, 6.07) is 9.57. The van der Waals surface area contributed by atoms with Crippen LogP contribution in [0.4, 0.5) is 10.5 Å². The van der Waals surface area contributed by atoms with Gasteiger partial charge in [0, 0.05) is 43.1 Å². The number of hydrogen-bond acceptors (Lipinski definition) is 6. The van der Waals surface area contributed by atoms with Gasteiger partial charge in [0.2, 0.25) is 0 Å².